The smallest absolute Gasteiger partial charge is 0.100 e. The van der Waals surface area contributed by atoms with Gasteiger partial charge in [-0.05, 0) is 52.9 Å². The van der Waals surface area contributed by atoms with Gasteiger partial charge in [0.2, 0.25) is 0 Å². The Morgan fingerprint density at radius 2 is 2.17 bits per heavy atom. The first-order chi connectivity index (χ1) is 8.74. The van der Waals surface area contributed by atoms with Crippen LogP contribution < -0.4 is 4.90 Å². The summed E-state index contributed by atoms with van der Waals surface area (Å²) < 4.78 is 6.09. The lowest BCUT2D eigenvalue weighted by molar-refractivity contribution is 0.139. The quantitative estimate of drug-likeness (QED) is 0.860. The minimum atomic E-state index is 0.688. The van der Waals surface area contributed by atoms with Crippen LogP contribution in [0.4, 0.5) is 5.69 Å². The lowest BCUT2D eigenvalue weighted by Gasteiger charge is -2.33. The van der Waals surface area contributed by atoms with Crippen LogP contribution in [-0.2, 0) is 4.74 Å². The average Bonchev–Trinajstić information content (AvgIpc) is 2.40. The Bertz CT molecular complexity index is 448. The van der Waals surface area contributed by atoms with E-state index in [-0.39, 0.29) is 0 Å². The molecule has 0 radical (unpaired) electrons. The molecular formula is C14H17BrN2O. The van der Waals surface area contributed by atoms with Crippen molar-refractivity contribution in [3.8, 4) is 6.07 Å². The third-order valence-electron chi connectivity index (χ3n) is 3.46. The van der Waals surface area contributed by atoms with Crippen molar-refractivity contribution in [1.82, 2.24) is 0 Å². The zero-order valence-corrected chi connectivity index (χ0v) is 12.1. The summed E-state index contributed by atoms with van der Waals surface area (Å²) in [5.41, 5.74) is 1.88. The summed E-state index contributed by atoms with van der Waals surface area (Å²) in [6.45, 7) is 2.99. The zero-order valence-electron chi connectivity index (χ0n) is 10.5. The zero-order chi connectivity index (χ0) is 13.0. The lowest BCUT2D eigenvalue weighted by Crippen LogP contribution is -2.34. The van der Waals surface area contributed by atoms with Crippen LogP contribution in [0.3, 0.4) is 0 Å². The largest absolute Gasteiger partial charge is 0.384 e. The van der Waals surface area contributed by atoms with Gasteiger partial charge in [-0.1, -0.05) is 0 Å². The molecule has 18 heavy (non-hydrogen) atoms. The summed E-state index contributed by atoms with van der Waals surface area (Å²) >= 11 is 3.44. The molecule has 0 spiro atoms. The van der Waals surface area contributed by atoms with E-state index in [0.717, 1.165) is 24.2 Å². The van der Waals surface area contributed by atoms with Crippen molar-refractivity contribution >= 4 is 21.6 Å². The first-order valence-corrected chi connectivity index (χ1v) is 6.97. The molecule has 0 N–H and O–H groups in total. The molecular weight excluding hydrogens is 292 g/mol. The molecule has 3 nitrogen and oxygen atoms in total. The molecule has 0 aliphatic carbocycles. The van der Waals surface area contributed by atoms with E-state index in [9.17, 15) is 0 Å². The van der Waals surface area contributed by atoms with Gasteiger partial charge in [-0.15, -0.1) is 0 Å². The van der Waals surface area contributed by atoms with Gasteiger partial charge in [-0.3, -0.25) is 0 Å². The highest BCUT2D eigenvalue weighted by atomic mass is 79.9. The lowest BCUT2D eigenvalue weighted by atomic mass is 9.97. The average molecular weight is 309 g/mol. The van der Waals surface area contributed by atoms with E-state index in [1.54, 1.807) is 7.11 Å². The maximum Gasteiger partial charge on any atom is 0.100 e. The molecule has 4 heteroatoms. The van der Waals surface area contributed by atoms with Gasteiger partial charge in [0.15, 0.2) is 0 Å². The SMILES string of the molecule is COCC1CCN(c2ccc(C#N)c(Br)c2)CC1. The van der Waals surface area contributed by atoms with Gasteiger partial charge in [0, 0.05) is 37.0 Å². The van der Waals surface area contributed by atoms with E-state index < -0.39 is 0 Å². The second-order valence-electron chi connectivity index (χ2n) is 4.66. The molecule has 2 rings (SSSR count). The number of anilines is 1. The van der Waals surface area contributed by atoms with Crippen LogP contribution in [0.1, 0.15) is 18.4 Å². The molecule has 1 aliphatic heterocycles. The van der Waals surface area contributed by atoms with Crippen LogP contribution in [0.15, 0.2) is 22.7 Å². The third kappa shape index (κ3) is 3.04. The molecule has 0 saturated carbocycles. The molecule has 0 bridgehead atoms. The predicted molar refractivity (Wildman–Crippen MR) is 75.7 cm³/mol. The summed E-state index contributed by atoms with van der Waals surface area (Å²) in [4.78, 5) is 2.37. The molecule has 1 fully saturated rings. The molecule has 0 unspecified atom stereocenters. The summed E-state index contributed by atoms with van der Waals surface area (Å²) in [6.07, 6.45) is 2.34. The van der Waals surface area contributed by atoms with E-state index in [1.165, 1.54) is 18.5 Å². The molecule has 1 heterocycles. The fourth-order valence-electron chi connectivity index (χ4n) is 2.38. The third-order valence-corrected chi connectivity index (χ3v) is 4.11. The van der Waals surface area contributed by atoms with Gasteiger partial charge in [0.25, 0.3) is 0 Å². The fourth-order valence-corrected chi connectivity index (χ4v) is 2.84. The van der Waals surface area contributed by atoms with Gasteiger partial charge >= 0.3 is 0 Å². The van der Waals surface area contributed by atoms with Crippen LogP contribution >= 0.6 is 15.9 Å². The first kappa shape index (κ1) is 13.4. The Balaban J connectivity index is 2.02. The number of rotatable bonds is 3. The van der Waals surface area contributed by atoms with Crippen LogP contribution in [0.2, 0.25) is 0 Å². The van der Waals surface area contributed by atoms with E-state index in [4.69, 9.17) is 10.00 Å². The Morgan fingerprint density at radius 1 is 1.44 bits per heavy atom. The highest BCUT2D eigenvalue weighted by molar-refractivity contribution is 9.10. The highest BCUT2D eigenvalue weighted by Crippen LogP contribution is 2.27. The summed E-state index contributed by atoms with van der Waals surface area (Å²) in [6, 6.07) is 8.11. The molecule has 0 amide bonds. The first-order valence-electron chi connectivity index (χ1n) is 6.18. The summed E-state index contributed by atoms with van der Waals surface area (Å²) in [5, 5.41) is 8.91. The van der Waals surface area contributed by atoms with E-state index in [2.05, 4.69) is 26.9 Å². The molecule has 0 aromatic heterocycles. The Labute approximate surface area is 116 Å². The number of ether oxygens (including phenoxy) is 1. The van der Waals surface area contributed by atoms with Crippen molar-refractivity contribution < 1.29 is 4.74 Å². The number of benzene rings is 1. The molecule has 1 saturated heterocycles. The van der Waals surface area contributed by atoms with Crippen molar-refractivity contribution in [2.45, 2.75) is 12.8 Å². The van der Waals surface area contributed by atoms with Crippen molar-refractivity contribution in [2.75, 3.05) is 31.7 Å². The van der Waals surface area contributed by atoms with Gasteiger partial charge < -0.3 is 9.64 Å². The monoisotopic (exact) mass is 308 g/mol. The van der Waals surface area contributed by atoms with Gasteiger partial charge in [-0.25, -0.2) is 0 Å². The summed E-state index contributed by atoms with van der Waals surface area (Å²) in [7, 11) is 1.77. The van der Waals surface area contributed by atoms with Gasteiger partial charge in [0.05, 0.1) is 5.56 Å². The van der Waals surface area contributed by atoms with E-state index >= 15 is 0 Å². The number of methoxy groups -OCH3 is 1. The van der Waals surface area contributed by atoms with Gasteiger partial charge in [0.1, 0.15) is 6.07 Å². The highest BCUT2D eigenvalue weighted by Gasteiger charge is 2.19. The normalized spacial score (nSPS) is 16.6. The second-order valence-corrected chi connectivity index (χ2v) is 5.52. The fraction of sp³-hybridized carbons (Fsp3) is 0.500. The van der Waals surface area contributed by atoms with Crippen molar-refractivity contribution in [3.63, 3.8) is 0 Å². The van der Waals surface area contributed by atoms with Gasteiger partial charge in [-0.2, -0.15) is 5.26 Å². The summed E-state index contributed by atoms with van der Waals surface area (Å²) in [5.74, 6) is 0.688. The van der Waals surface area contributed by atoms with Crippen molar-refractivity contribution in [3.05, 3.63) is 28.2 Å². The number of nitriles is 1. The Morgan fingerprint density at radius 3 is 2.72 bits per heavy atom. The topological polar surface area (TPSA) is 36.3 Å². The number of hydrogen-bond donors (Lipinski definition) is 0. The Kier molecular flexibility index (Phi) is 4.62. The minimum absolute atomic E-state index is 0.688. The molecule has 1 aromatic carbocycles. The van der Waals surface area contributed by atoms with Crippen LogP contribution in [0.5, 0.6) is 0 Å². The van der Waals surface area contributed by atoms with Crippen LogP contribution in [0.25, 0.3) is 0 Å². The van der Waals surface area contributed by atoms with Crippen molar-refractivity contribution in [1.29, 1.82) is 5.26 Å². The van der Waals surface area contributed by atoms with E-state index in [1.807, 2.05) is 18.2 Å². The predicted octanol–water partition coefficient (Wildman–Crippen LogP) is 3.18. The van der Waals surface area contributed by atoms with Crippen LogP contribution in [-0.4, -0.2) is 26.8 Å². The minimum Gasteiger partial charge on any atom is -0.384 e. The van der Waals surface area contributed by atoms with Crippen molar-refractivity contribution in [2.24, 2.45) is 5.92 Å². The standard InChI is InChI=1S/C14H17BrN2O/c1-18-10-11-4-6-17(7-5-11)13-3-2-12(9-16)14(15)8-13/h2-3,8,11H,4-7,10H2,1H3. The number of hydrogen-bond acceptors (Lipinski definition) is 3. The Hall–Kier alpha value is -1.05. The molecule has 1 aromatic rings. The molecule has 96 valence electrons. The maximum absolute atomic E-state index is 8.91. The number of halogens is 1. The second kappa shape index (κ2) is 6.21. The van der Waals surface area contributed by atoms with E-state index in [0.29, 0.717) is 11.5 Å². The molecule has 0 atom stereocenters. The number of nitrogens with zero attached hydrogens (tertiary/aromatic N) is 2. The number of piperidine rings is 1. The maximum atomic E-state index is 8.91. The molecule has 1 aliphatic rings. The van der Waals surface area contributed by atoms with Crippen LogP contribution in [0, 0.1) is 17.2 Å².